The lowest BCUT2D eigenvalue weighted by atomic mass is 9.97. The van der Waals surface area contributed by atoms with Crippen molar-refractivity contribution in [1.29, 1.82) is 0 Å². The Morgan fingerprint density at radius 3 is 2.55 bits per heavy atom. The Bertz CT molecular complexity index is 1850. The first-order chi connectivity index (χ1) is 20.6. The van der Waals surface area contributed by atoms with Gasteiger partial charge in [0.25, 0.3) is 0 Å². The Balaban J connectivity index is 1.83. The molecule has 0 unspecified atom stereocenters. The minimum Gasteiger partial charge on any atom is -0.309 e. The zero-order chi connectivity index (χ0) is 29.6. The van der Waals surface area contributed by atoms with Crippen molar-refractivity contribution in [2.24, 2.45) is 0 Å². The molecular formula is C39H36N2S. The van der Waals surface area contributed by atoms with Crippen LogP contribution in [0.4, 0.5) is 0 Å². The number of fused-ring (bicyclic) bond motifs is 2. The minimum absolute atomic E-state index is 0.875. The summed E-state index contributed by atoms with van der Waals surface area (Å²) >= 11 is 1.84. The van der Waals surface area contributed by atoms with E-state index in [1.807, 2.05) is 55.1 Å². The fourth-order valence-corrected chi connectivity index (χ4v) is 6.83. The van der Waals surface area contributed by atoms with Crippen LogP contribution in [0.2, 0.25) is 0 Å². The lowest BCUT2D eigenvalue weighted by Crippen LogP contribution is -2.04. The van der Waals surface area contributed by atoms with Gasteiger partial charge in [0.2, 0.25) is 0 Å². The van der Waals surface area contributed by atoms with E-state index >= 15 is 0 Å². The molecule has 42 heavy (non-hydrogen) atoms. The predicted octanol–water partition coefficient (Wildman–Crippen LogP) is 11.1. The third-order valence-electron chi connectivity index (χ3n) is 7.44. The monoisotopic (exact) mass is 564 g/mol. The number of nitrogens with zero attached hydrogens (tertiary/aromatic N) is 2. The average Bonchev–Trinajstić information content (AvgIpc) is 3.57. The van der Waals surface area contributed by atoms with Gasteiger partial charge < -0.3 is 4.57 Å². The van der Waals surface area contributed by atoms with Gasteiger partial charge in [-0.3, -0.25) is 0 Å². The third-order valence-corrected chi connectivity index (χ3v) is 8.65. The lowest BCUT2D eigenvalue weighted by molar-refractivity contribution is 1.04. The molecule has 0 atom stereocenters. The summed E-state index contributed by atoms with van der Waals surface area (Å²) in [6.07, 6.45) is 23.1. The van der Waals surface area contributed by atoms with Crippen molar-refractivity contribution >= 4 is 40.4 Å². The zero-order valence-electron chi connectivity index (χ0n) is 24.6. The Labute approximate surface area is 254 Å². The molecule has 2 aromatic heterocycles. The van der Waals surface area contributed by atoms with Crippen LogP contribution in [0.5, 0.6) is 0 Å². The molecule has 0 aliphatic carbocycles. The maximum atomic E-state index is 5.20. The van der Waals surface area contributed by atoms with E-state index in [0.29, 0.717) is 0 Å². The molecule has 3 heterocycles. The summed E-state index contributed by atoms with van der Waals surface area (Å²) in [5.41, 5.74) is 11.2. The molecule has 0 saturated carbocycles. The number of para-hydroxylation sites is 1. The van der Waals surface area contributed by atoms with E-state index in [9.17, 15) is 0 Å². The smallest absolute Gasteiger partial charge is 0.0721 e. The Morgan fingerprint density at radius 1 is 0.976 bits per heavy atom. The third kappa shape index (κ3) is 5.36. The molecule has 0 bridgehead atoms. The van der Waals surface area contributed by atoms with Crippen LogP contribution >= 0.6 is 11.8 Å². The number of pyridine rings is 1. The summed E-state index contributed by atoms with van der Waals surface area (Å²) in [5, 5.41) is 1.19. The van der Waals surface area contributed by atoms with E-state index in [4.69, 9.17) is 4.98 Å². The molecule has 3 heteroatoms. The number of thioether (sulfide) groups is 1. The number of hydrogen-bond donors (Lipinski definition) is 0. The van der Waals surface area contributed by atoms with E-state index in [1.165, 1.54) is 26.3 Å². The number of rotatable bonds is 9. The van der Waals surface area contributed by atoms with Crippen molar-refractivity contribution in [1.82, 2.24) is 9.55 Å². The lowest BCUT2D eigenvalue weighted by Gasteiger charge is -2.19. The van der Waals surface area contributed by atoms with E-state index in [2.05, 4.69) is 117 Å². The highest BCUT2D eigenvalue weighted by atomic mass is 32.2. The Kier molecular flexibility index (Phi) is 8.90. The van der Waals surface area contributed by atoms with Gasteiger partial charge in [-0.05, 0) is 72.7 Å². The topological polar surface area (TPSA) is 17.8 Å². The molecule has 0 radical (unpaired) electrons. The first kappa shape index (κ1) is 28.9. The van der Waals surface area contributed by atoms with Crippen LogP contribution in [0.1, 0.15) is 41.9 Å². The number of hydrogen-bond acceptors (Lipinski definition) is 2. The highest BCUT2D eigenvalue weighted by Gasteiger charge is 2.27. The molecule has 2 aromatic carbocycles. The van der Waals surface area contributed by atoms with Gasteiger partial charge in [-0.15, -0.1) is 0 Å². The van der Waals surface area contributed by atoms with Gasteiger partial charge in [0, 0.05) is 27.8 Å². The van der Waals surface area contributed by atoms with Crippen molar-refractivity contribution in [3.8, 4) is 16.9 Å². The van der Waals surface area contributed by atoms with Crippen LogP contribution in [0.3, 0.4) is 0 Å². The highest BCUT2D eigenvalue weighted by Crippen LogP contribution is 2.49. The fourth-order valence-electron chi connectivity index (χ4n) is 5.58. The van der Waals surface area contributed by atoms with Crippen LogP contribution in [0, 0.1) is 6.92 Å². The molecule has 2 nitrogen and oxygen atoms in total. The molecule has 0 N–H and O–H groups in total. The molecule has 5 rings (SSSR count). The second-order valence-electron chi connectivity index (χ2n) is 10.0. The van der Waals surface area contributed by atoms with E-state index in [0.717, 1.165) is 51.4 Å². The standard InChI is InChI=1S/C39H36N2S/c1-7-12-13-20-29-25-32-27(6)38(41-36(19-10-4)30(11-5)31-21-14-15-24-37(31)41)26-33(39(32)42-29)35-23-16-22-34(40-35)28(17-8-2)18-9-3/h7-24,26H,1-2,5,25H2,3-4,6H3/b13-12-,18-9-,19-10-,28-17+,29-20+. The van der Waals surface area contributed by atoms with Gasteiger partial charge in [-0.1, -0.05) is 117 Å². The van der Waals surface area contributed by atoms with Gasteiger partial charge in [-0.2, -0.15) is 0 Å². The molecule has 1 aliphatic heterocycles. The normalized spacial score (nSPS) is 14.5. The van der Waals surface area contributed by atoms with Gasteiger partial charge in [0.15, 0.2) is 0 Å². The van der Waals surface area contributed by atoms with E-state index < -0.39 is 0 Å². The average molecular weight is 565 g/mol. The maximum absolute atomic E-state index is 5.20. The second kappa shape index (κ2) is 12.9. The predicted molar refractivity (Wildman–Crippen MR) is 186 cm³/mol. The number of aromatic nitrogens is 2. The summed E-state index contributed by atoms with van der Waals surface area (Å²) < 4.78 is 2.39. The van der Waals surface area contributed by atoms with Crippen molar-refractivity contribution in [2.45, 2.75) is 32.1 Å². The largest absolute Gasteiger partial charge is 0.309 e. The number of benzene rings is 2. The maximum Gasteiger partial charge on any atom is 0.0721 e. The number of allylic oxidation sites excluding steroid dienone is 11. The molecule has 4 aromatic rings. The first-order valence-electron chi connectivity index (χ1n) is 14.2. The molecule has 0 saturated heterocycles. The minimum atomic E-state index is 0.875. The molecule has 1 aliphatic rings. The van der Waals surface area contributed by atoms with Crippen molar-refractivity contribution in [3.63, 3.8) is 0 Å². The summed E-state index contributed by atoms with van der Waals surface area (Å²) in [6, 6.07) is 17.2. The van der Waals surface area contributed by atoms with Gasteiger partial charge >= 0.3 is 0 Å². The van der Waals surface area contributed by atoms with Crippen LogP contribution in [0.25, 0.3) is 45.6 Å². The summed E-state index contributed by atoms with van der Waals surface area (Å²) in [5.74, 6) is 0. The molecule has 0 fully saturated rings. The zero-order valence-corrected chi connectivity index (χ0v) is 25.4. The summed E-state index contributed by atoms with van der Waals surface area (Å²) in [6.45, 7) is 18.3. The fraction of sp³-hybridized carbons (Fsp3) is 0.103. The molecule has 0 spiro atoms. The second-order valence-corrected chi connectivity index (χ2v) is 11.2. The summed E-state index contributed by atoms with van der Waals surface area (Å²) in [4.78, 5) is 7.77. The van der Waals surface area contributed by atoms with E-state index in [-0.39, 0.29) is 0 Å². The van der Waals surface area contributed by atoms with Crippen LogP contribution < -0.4 is 0 Å². The quantitative estimate of drug-likeness (QED) is 0.188. The first-order valence-corrected chi connectivity index (χ1v) is 15.0. The van der Waals surface area contributed by atoms with Crippen molar-refractivity contribution in [2.75, 3.05) is 0 Å². The summed E-state index contributed by atoms with van der Waals surface area (Å²) in [7, 11) is 0. The van der Waals surface area contributed by atoms with Crippen LogP contribution in [-0.2, 0) is 6.42 Å². The molecule has 0 amide bonds. The SMILES string of the molecule is C=C/C=C\C=C1/Cc2c(C)c(-n3c(/C=C\C)c(C=C)c4ccccc43)cc(-c3cccc(C(/C=C\C)=C/C=C)n3)c2S1. The van der Waals surface area contributed by atoms with Gasteiger partial charge in [0.1, 0.15) is 0 Å². The molecular weight excluding hydrogens is 529 g/mol. The molecule has 208 valence electrons. The van der Waals surface area contributed by atoms with Crippen LogP contribution in [-0.4, -0.2) is 9.55 Å². The van der Waals surface area contributed by atoms with Crippen molar-refractivity contribution < 1.29 is 0 Å². The van der Waals surface area contributed by atoms with E-state index in [1.54, 1.807) is 0 Å². The highest BCUT2D eigenvalue weighted by molar-refractivity contribution is 8.03. The van der Waals surface area contributed by atoms with Crippen LogP contribution in [0.15, 0.2) is 133 Å². The van der Waals surface area contributed by atoms with Gasteiger partial charge in [-0.25, -0.2) is 4.98 Å². The Hall–Kier alpha value is -4.60. The van der Waals surface area contributed by atoms with Gasteiger partial charge in [0.05, 0.1) is 28.3 Å². The Morgan fingerprint density at radius 2 is 1.81 bits per heavy atom. The van der Waals surface area contributed by atoms with Crippen molar-refractivity contribution in [3.05, 3.63) is 156 Å².